The molecule has 0 amide bonds. The third-order valence-corrected chi connectivity index (χ3v) is 9.79. The Morgan fingerprint density at radius 1 is 0.538 bits per heavy atom. The van der Waals surface area contributed by atoms with Crippen molar-refractivity contribution in [1.29, 1.82) is 0 Å². The highest BCUT2D eigenvalue weighted by Gasteiger charge is 2.33. The lowest BCUT2D eigenvalue weighted by Gasteiger charge is -2.35. The SMILES string of the molecule is CC1(C)c2ccccc2-c2ccc(-c3ccc(-c4cccc5c4sc4ccc(F)cc45)cc3)c3cccc1c23. The number of rotatable bonds is 2. The van der Waals surface area contributed by atoms with E-state index in [0.717, 1.165) is 15.5 Å². The highest BCUT2D eigenvalue weighted by molar-refractivity contribution is 7.26. The second-order valence-electron chi connectivity index (χ2n) is 11.1. The van der Waals surface area contributed by atoms with Crippen molar-refractivity contribution in [1.82, 2.24) is 0 Å². The molecule has 0 spiro atoms. The van der Waals surface area contributed by atoms with Gasteiger partial charge in [0.2, 0.25) is 0 Å². The van der Waals surface area contributed by atoms with Gasteiger partial charge in [-0.1, -0.05) is 111 Å². The Hall–Kier alpha value is -4.27. The fourth-order valence-electron chi connectivity index (χ4n) is 6.64. The zero-order valence-electron chi connectivity index (χ0n) is 21.8. The highest BCUT2D eigenvalue weighted by atomic mass is 32.1. The Bertz CT molecular complexity index is 2090. The minimum atomic E-state index is -0.190. The van der Waals surface area contributed by atoms with Crippen molar-refractivity contribution < 1.29 is 4.39 Å². The number of benzene rings is 6. The van der Waals surface area contributed by atoms with E-state index in [2.05, 4.69) is 111 Å². The summed E-state index contributed by atoms with van der Waals surface area (Å²) in [5, 5.41) is 4.77. The Labute approximate surface area is 231 Å². The summed E-state index contributed by atoms with van der Waals surface area (Å²) in [6.07, 6.45) is 0. The van der Waals surface area contributed by atoms with Crippen LogP contribution in [0.4, 0.5) is 4.39 Å². The van der Waals surface area contributed by atoms with E-state index in [0.29, 0.717) is 0 Å². The van der Waals surface area contributed by atoms with Crippen LogP contribution in [-0.2, 0) is 5.41 Å². The maximum Gasteiger partial charge on any atom is 0.123 e. The number of fused-ring (bicyclic) bond motifs is 5. The molecule has 0 nitrogen and oxygen atoms in total. The second-order valence-corrected chi connectivity index (χ2v) is 12.1. The third kappa shape index (κ3) is 3.22. The Morgan fingerprint density at radius 3 is 2.05 bits per heavy atom. The molecule has 6 aromatic carbocycles. The van der Waals surface area contributed by atoms with Crippen molar-refractivity contribution in [3.8, 4) is 33.4 Å². The smallest absolute Gasteiger partial charge is 0.123 e. The molecule has 8 rings (SSSR count). The molecule has 1 heterocycles. The molecule has 0 unspecified atom stereocenters. The molecule has 0 N–H and O–H groups in total. The Morgan fingerprint density at radius 2 is 1.21 bits per heavy atom. The van der Waals surface area contributed by atoms with Crippen molar-refractivity contribution in [2.45, 2.75) is 19.3 Å². The summed E-state index contributed by atoms with van der Waals surface area (Å²) in [6.45, 7) is 4.68. The minimum Gasteiger partial charge on any atom is -0.207 e. The molecule has 7 aromatic rings. The van der Waals surface area contributed by atoms with E-state index in [1.807, 2.05) is 6.07 Å². The van der Waals surface area contributed by atoms with Crippen LogP contribution in [0.25, 0.3) is 64.3 Å². The average molecular weight is 521 g/mol. The topological polar surface area (TPSA) is 0 Å². The molecular formula is C37H25FS. The summed E-state index contributed by atoms with van der Waals surface area (Å²) < 4.78 is 16.3. The third-order valence-electron chi connectivity index (χ3n) is 8.57. The van der Waals surface area contributed by atoms with Crippen LogP contribution in [0, 0.1) is 5.82 Å². The largest absolute Gasteiger partial charge is 0.207 e. The van der Waals surface area contributed by atoms with Gasteiger partial charge >= 0.3 is 0 Å². The van der Waals surface area contributed by atoms with E-state index in [1.54, 1.807) is 23.5 Å². The zero-order chi connectivity index (χ0) is 26.3. The molecule has 0 atom stereocenters. The molecule has 0 radical (unpaired) electrons. The van der Waals surface area contributed by atoms with E-state index in [-0.39, 0.29) is 11.2 Å². The minimum absolute atomic E-state index is 0.0581. The van der Waals surface area contributed by atoms with Gasteiger partial charge in [0, 0.05) is 25.6 Å². The van der Waals surface area contributed by atoms with Crippen LogP contribution in [-0.4, -0.2) is 0 Å². The molecule has 0 saturated carbocycles. The molecule has 186 valence electrons. The molecule has 1 aliphatic carbocycles. The molecule has 0 aliphatic heterocycles. The lowest BCUT2D eigenvalue weighted by molar-refractivity contribution is 0.630. The predicted octanol–water partition coefficient (Wildman–Crippen LogP) is 11.0. The standard InChI is InChI=1S/C37H25FS/c1-37(2)32-11-4-3-7-27(32)29-19-18-25(28-9-6-12-33(37)35(28)29)22-13-15-23(16-14-22)26-8-5-10-30-31-21-24(38)17-20-34(31)39-36(26)30/h3-21H,1-2H3. The Balaban J connectivity index is 1.28. The van der Waals surface area contributed by atoms with Crippen molar-refractivity contribution in [2.75, 3.05) is 0 Å². The van der Waals surface area contributed by atoms with Crippen LogP contribution in [0.5, 0.6) is 0 Å². The number of hydrogen-bond donors (Lipinski definition) is 0. The monoisotopic (exact) mass is 520 g/mol. The van der Waals surface area contributed by atoms with E-state index < -0.39 is 0 Å². The van der Waals surface area contributed by atoms with E-state index in [4.69, 9.17) is 0 Å². The molecule has 39 heavy (non-hydrogen) atoms. The first-order chi connectivity index (χ1) is 19.0. The number of thiophene rings is 1. The first kappa shape index (κ1) is 22.7. The lowest BCUT2D eigenvalue weighted by atomic mass is 9.68. The average Bonchev–Trinajstić information content (AvgIpc) is 3.34. The molecular weight excluding hydrogens is 495 g/mol. The van der Waals surface area contributed by atoms with Crippen molar-refractivity contribution in [2.24, 2.45) is 0 Å². The molecule has 0 saturated heterocycles. The van der Waals surface area contributed by atoms with Gasteiger partial charge in [-0.15, -0.1) is 11.3 Å². The van der Waals surface area contributed by atoms with Gasteiger partial charge in [-0.2, -0.15) is 0 Å². The van der Waals surface area contributed by atoms with Crippen LogP contribution >= 0.6 is 11.3 Å². The summed E-state index contributed by atoms with van der Waals surface area (Å²) >= 11 is 1.73. The molecule has 0 fully saturated rings. The van der Waals surface area contributed by atoms with Gasteiger partial charge in [-0.3, -0.25) is 0 Å². The van der Waals surface area contributed by atoms with Crippen molar-refractivity contribution >= 4 is 42.3 Å². The van der Waals surface area contributed by atoms with Crippen LogP contribution in [0.3, 0.4) is 0 Å². The van der Waals surface area contributed by atoms with Crippen molar-refractivity contribution in [3.05, 3.63) is 132 Å². The van der Waals surface area contributed by atoms with Crippen LogP contribution in [0.1, 0.15) is 25.0 Å². The summed E-state index contributed by atoms with van der Waals surface area (Å²) in [7, 11) is 0. The van der Waals surface area contributed by atoms with Gasteiger partial charge in [0.05, 0.1) is 0 Å². The molecule has 2 heteroatoms. The van der Waals surface area contributed by atoms with Crippen LogP contribution in [0.15, 0.2) is 115 Å². The van der Waals surface area contributed by atoms with Gasteiger partial charge in [0.25, 0.3) is 0 Å². The maximum atomic E-state index is 14.0. The maximum absolute atomic E-state index is 14.0. The van der Waals surface area contributed by atoms with E-state index >= 15 is 0 Å². The normalized spacial score (nSPS) is 13.7. The number of halogens is 1. The highest BCUT2D eigenvalue weighted by Crippen LogP contribution is 2.50. The number of hydrogen-bond acceptors (Lipinski definition) is 1. The Kier molecular flexibility index (Phi) is 4.72. The second kappa shape index (κ2) is 8.11. The summed E-state index contributed by atoms with van der Waals surface area (Å²) in [5.41, 5.74) is 10.2. The van der Waals surface area contributed by atoms with E-state index in [9.17, 15) is 4.39 Å². The fraction of sp³-hybridized carbons (Fsp3) is 0.0811. The molecule has 1 aromatic heterocycles. The summed E-state index contributed by atoms with van der Waals surface area (Å²) in [4.78, 5) is 0. The van der Waals surface area contributed by atoms with E-state index in [1.165, 1.54) is 60.0 Å². The van der Waals surface area contributed by atoms with Gasteiger partial charge in [-0.25, -0.2) is 4.39 Å². The van der Waals surface area contributed by atoms with Crippen LogP contribution in [0.2, 0.25) is 0 Å². The van der Waals surface area contributed by atoms with Gasteiger partial charge in [0.1, 0.15) is 5.82 Å². The van der Waals surface area contributed by atoms with Crippen LogP contribution < -0.4 is 0 Å². The lowest BCUT2D eigenvalue weighted by Crippen LogP contribution is -2.23. The van der Waals surface area contributed by atoms with Gasteiger partial charge < -0.3 is 0 Å². The predicted molar refractivity (Wildman–Crippen MR) is 165 cm³/mol. The van der Waals surface area contributed by atoms with Gasteiger partial charge in [0.15, 0.2) is 0 Å². The van der Waals surface area contributed by atoms with Crippen molar-refractivity contribution in [3.63, 3.8) is 0 Å². The molecule has 0 bridgehead atoms. The zero-order valence-corrected chi connectivity index (χ0v) is 22.6. The molecule has 1 aliphatic rings. The summed E-state index contributed by atoms with van der Waals surface area (Å²) in [5.74, 6) is -0.190. The summed E-state index contributed by atoms with van der Waals surface area (Å²) in [6, 6.07) is 40.6. The fourth-order valence-corrected chi connectivity index (χ4v) is 7.86. The van der Waals surface area contributed by atoms with Gasteiger partial charge in [-0.05, 0) is 73.5 Å². The quantitative estimate of drug-likeness (QED) is 0.213. The first-order valence-corrected chi connectivity index (χ1v) is 14.2. The first-order valence-electron chi connectivity index (χ1n) is 13.4.